The first-order valence-electron chi connectivity index (χ1n) is 9.69. The Morgan fingerprint density at radius 3 is 2.91 bits per heavy atom. The molecule has 0 aromatic carbocycles. The maximum absolute atomic E-state index is 11.7. The molecule has 0 aromatic rings. The van der Waals surface area contributed by atoms with Gasteiger partial charge in [0.05, 0.1) is 0 Å². The average molecular weight is 298 g/mol. The quantitative estimate of drug-likeness (QED) is 0.648. The van der Waals surface area contributed by atoms with Gasteiger partial charge in [-0.3, -0.25) is 4.79 Å². The van der Waals surface area contributed by atoms with Crippen LogP contribution in [0.4, 0.5) is 0 Å². The van der Waals surface area contributed by atoms with Crippen LogP contribution in [0.5, 0.6) is 0 Å². The zero-order chi connectivity index (χ0) is 15.2. The van der Waals surface area contributed by atoms with Crippen molar-refractivity contribution < 1.29 is 4.79 Å². The molecule has 4 aliphatic carbocycles. The minimum absolute atomic E-state index is 0.367. The molecule has 2 fully saturated rings. The molecule has 0 saturated heterocycles. The van der Waals surface area contributed by atoms with E-state index in [0.29, 0.717) is 11.2 Å². The van der Waals surface area contributed by atoms with Gasteiger partial charge in [0.15, 0.2) is 5.78 Å². The van der Waals surface area contributed by atoms with E-state index in [0.717, 1.165) is 24.7 Å². The monoisotopic (exact) mass is 298 g/mol. The fourth-order valence-electron chi connectivity index (χ4n) is 6.29. The summed E-state index contributed by atoms with van der Waals surface area (Å²) < 4.78 is 0. The summed E-state index contributed by atoms with van der Waals surface area (Å²) in [7, 11) is 0. The van der Waals surface area contributed by atoms with Crippen LogP contribution in [0.1, 0.15) is 84.0 Å². The minimum atomic E-state index is 0.367. The van der Waals surface area contributed by atoms with Crippen molar-refractivity contribution in [3.05, 3.63) is 22.8 Å². The van der Waals surface area contributed by atoms with E-state index < -0.39 is 0 Å². The van der Waals surface area contributed by atoms with E-state index in [1.165, 1.54) is 69.8 Å². The van der Waals surface area contributed by atoms with Gasteiger partial charge in [0.1, 0.15) is 0 Å². The van der Waals surface area contributed by atoms with Crippen LogP contribution >= 0.6 is 0 Å². The molecule has 0 heterocycles. The molecule has 1 heteroatoms. The molecule has 0 aromatic heterocycles. The van der Waals surface area contributed by atoms with Crippen molar-refractivity contribution >= 4 is 5.78 Å². The van der Waals surface area contributed by atoms with Gasteiger partial charge in [-0.15, -0.1) is 0 Å². The highest BCUT2D eigenvalue weighted by atomic mass is 16.1. The first-order chi connectivity index (χ1) is 10.7. The number of unbranched alkanes of at least 4 members (excludes halogenated alkanes) is 1. The summed E-state index contributed by atoms with van der Waals surface area (Å²) in [5, 5.41) is 0. The Morgan fingerprint density at radius 1 is 1.14 bits per heavy atom. The lowest BCUT2D eigenvalue weighted by atomic mass is 9.56. The topological polar surface area (TPSA) is 17.1 Å². The minimum Gasteiger partial charge on any atom is -0.295 e. The van der Waals surface area contributed by atoms with Gasteiger partial charge in [-0.2, -0.15) is 0 Å². The number of rotatable bonds is 3. The van der Waals surface area contributed by atoms with Crippen molar-refractivity contribution in [2.75, 3.05) is 0 Å². The molecular formula is C21H30O. The van der Waals surface area contributed by atoms with E-state index >= 15 is 0 Å². The van der Waals surface area contributed by atoms with Crippen LogP contribution in [0.25, 0.3) is 0 Å². The Kier molecular flexibility index (Phi) is 3.78. The number of fused-ring (bicyclic) bond motifs is 4. The lowest BCUT2D eigenvalue weighted by Gasteiger charge is -2.49. The lowest BCUT2D eigenvalue weighted by Crippen LogP contribution is -2.38. The highest BCUT2D eigenvalue weighted by molar-refractivity contribution is 5.93. The summed E-state index contributed by atoms with van der Waals surface area (Å²) in [6.45, 7) is 2.34. The number of carbonyl (C=O) groups is 1. The van der Waals surface area contributed by atoms with Crippen molar-refractivity contribution in [3.8, 4) is 0 Å². The van der Waals surface area contributed by atoms with Crippen LogP contribution in [-0.2, 0) is 4.79 Å². The molecule has 1 nitrogen and oxygen atoms in total. The average Bonchev–Trinajstić information content (AvgIpc) is 2.96. The summed E-state index contributed by atoms with van der Waals surface area (Å²) in [4.78, 5) is 11.7. The molecule has 2 saturated carbocycles. The van der Waals surface area contributed by atoms with E-state index in [1.807, 2.05) is 6.08 Å². The Balaban J connectivity index is 1.66. The summed E-state index contributed by atoms with van der Waals surface area (Å²) in [6, 6.07) is 0. The third kappa shape index (κ3) is 2.23. The molecule has 4 rings (SSSR count). The van der Waals surface area contributed by atoms with Crippen molar-refractivity contribution in [2.24, 2.45) is 17.3 Å². The van der Waals surface area contributed by atoms with Gasteiger partial charge in [-0.25, -0.2) is 0 Å². The standard InChI is InChI=1S/C21H30O/c1-2-3-11-21-12-4-5-20(21)19-8-6-15-14-16(22)7-9-17(15)18(19)10-13-21/h14,19-20H,2-13H2,1H3/t19-,20+,21+/m1/s1. The van der Waals surface area contributed by atoms with Crippen molar-refractivity contribution in [1.29, 1.82) is 0 Å². The highest BCUT2D eigenvalue weighted by Gasteiger charge is 2.50. The van der Waals surface area contributed by atoms with Crippen LogP contribution in [-0.4, -0.2) is 5.78 Å². The van der Waals surface area contributed by atoms with Crippen molar-refractivity contribution in [3.63, 3.8) is 0 Å². The molecule has 4 aliphatic rings. The number of allylic oxidation sites excluding steroid dienone is 4. The predicted molar refractivity (Wildman–Crippen MR) is 90.6 cm³/mol. The maximum Gasteiger partial charge on any atom is 0.156 e. The van der Waals surface area contributed by atoms with Gasteiger partial charge in [0, 0.05) is 6.42 Å². The fourth-order valence-corrected chi connectivity index (χ4v) is 6.29. The fraction of sp³-hybridized carbons (Fsp3) is 0.762. The first-order valence-corrected chi connectivity index (χ1v) is 9.69. The molecular weight excluding hydrogens is 268 g/mol. The predicted octanol–water partition coefficient (Wildman–Crippen LogP) is 5.75. The SMILES string of the molecule is CCCC[C@@]12CCC[C@H]1[C@@H]1CCC3=CC(=O)CCC3=C1CC2. The summed E-state index contributed by atoms with van der Waals surface area (Å²) in [5.74, 6) is 2.20. The largest absolute Gasteiger partial charge is 0.295 e. The maximum atomic E-state index is 11.7. The number of carbonyl (C=O) groups excluding carboxylic acids is 1. The van der Waals surface area contributed by atoms with Gasteiger partial charge < -0.3 is 0 Å². The molecule has 0 amide bonds. The van der Waals surface area contributed by atoms with E-state index in [-0.39, 0.29) is 0 Å². The molecule has 3 atom stereocenters. The Bertz CT molecular complexity index is 538. The summed E-state index contributed by atoms with van der Waals surface area (Å²) in [6.07, 6.45) is 17.8. The Morgan fingerprint density at radius 2 is 2.05 bits per heavy atom. The van der Waals surface area contributed by atoms with Crippen LogP contribution in [0, 0.1) is 17.3 Å². The third-order valence-electron chi connectivity index (χ3n) is 7.29. The van der Waals surface area contributed by atoms with E-state index in [9.17, 15) is 4.79 Å². The molecule has 0 radical (unpaired) electrons. The first kappa shape index (κ1) is 14.7. The number of ketones is 1. The second-order valence-corrected chi connectivity index (χ2v) is 8.25. The van der Waals surface area contributed by atoms with Crippen LogP contribution in [0.3, 0.4) is 0 Å². The molecule has 0 unspecified atom stereocenters. The zero-order valence-corrected chi connectivity index (χ0v) is 14.1. The zero-order valence-electron chi connectivity index (χ0n) is 14.1. The lowest BCUT2D eigenvalue weighted by molar-refractivity contribution is -0.114. The smallest absolute Gasteiger partial charge is 0.156 e. The third-order valence-corrected chi connectivity index (χ3v) is 7.29. The van der Waals surface area contributed by atoms with E-state index in [4.69, 9.17) is 0 Å². The van der Waals surface area contributed by atoms with E-state index in [2.05, 4.69) is 6.92 Å². The van der Waals surface area contributed by atoms with Gasteiger partial charge in [0.25, 0.3) is 0 Å². The molecule has 0 spiro atoms. The molecule has 0 bridgehead atoms. The van der Waals surface area contributed by atoms with E-state index in [1.54, 1.807) is 11.1 Å². The number of hydrogen-bond acceptors (Lipinski definition) is 1. The molecule has 0 N–H and O–H groups in total. The van der Waals surface area contributed by atoms with Crippen molar-refractivity contribution in [2.45, 2.75) is 84.0 Å². The van der Waals surface area contributed by atoms with Gasteiger partial charge in [0.2, 0.25) is 0 Å². The molecule has 120 valence electrons. The van der Waals surface area contributed by atoms with Gasteiger partial charge in [-0.05, 0) is 85.8 Å². The van der Waals surface area contributed by atoms with Crippen molar-refractivity contribution in [1.82, 2.24) is 0 Å². The summed E-state index contributed by atoms with van der Waals surface area (Å²) in [5.41, 5.74) is 5.54. The van der Waals surface area contributed by atoms with Gasteiger partial charge >= 0.3 is 0 Å². The number of hydrogen-bond donors (Lipinski definition) is 0. The highest BCUT2D eigenvalue weighted by Crippen LogP contribution is 2.61. The summed E-state index contributed by atoms with van der Waals surface area (Å²) >= 11 is 0. The van der Waals surface area contributed by atoms with Crippen LogP contribution in [0.15, 0.2) is 22.8 Å². The molecule has 0 aliphatic heterocycles. The van der Waals surface area contributed by atoms with Gasteiger partial charge in [-0.1, -0.05) is 31.8 Å². The molecule has 22 heavy (non-hydrogen) atoms. The van der Waals surface area contributed by atoms with Crippen LogP contribution < -0.4 is 0 Å². The normalized spacial score (nSPS) is 37.5. The Hall–Kier alpha value is -0.850. The second-order valence-electron chi connectivity index (χ2n) is 8.25. The second kappa shape index (κ2) is 5.65. The van der Waals surface area contributed by atoms with Crippen LogP contribution in [0.2, 0.25) is 0 Å². The Labute approximate surface area is 135 Å².